The summed E-state index contributed by atoms with van der Waals surface area (Å²) in [5, 5.41) is 4.18. The van der Waals surface area contributed by atoms with Gasteiger partial charge < -0.3 is 4.74 Å². The van der Waals surface area contributed by atoms with Crippen LogP contribution in [0.2, 0.25) is 0 Å². The van der Waals surface area contributed by atoms with Crippen molar-refractivity contribution in [3.63, 3.8) is 0 Å². The van der Waals surface area contributed by atoms with Gasteiger partial charge in [0.1, 0.15) is 10.6 Å². The van der Waals surface area contributed by atoms with Gasteiger partial charge in [0, 0.05) is 18.8 Å². The van der Waals surface area contributed by atoms with E-state index in [-0.39, 0.29) is 10.9 Å². The molecular weight excluding hydrogens is 302 g/mol. The Labute approximate surface area is 131 Å². The zero-order valence-corrected chi connectivity index (χ0v) is 14.0. The number of methoxy groups -OCH3 is 1. The van der Waals surface area contributed by atoms with E-state index in [9.17, 15) is 8.42 Å². The van der Waals surface area contributed by atoms with Gasteiger partial charge in [-0.05, 0) is 38.5 Å². The van der Waals surface area contributed by atoms with E-state index in [2.05, 4.69) is 9.82 Å². The van der Waals surface area contributed by atoms with Gasteiger partial charge in [-0.3, -0.25) is 4.68 Å². The van der Waals surface area contributed by atoms with Gasteiger partial charge in [-0.25, -0.2) is 13.1 Å². The minimum absolute atomic E-state index is 0.212. The molecule has 0 aliphatic rings. The lowest BCUT2D eigenvalue weighted by atomic mass is 10.1. The molecule has 22 heavy (non-hydrogen) atoms. The van der Waals surface area contributed by atoms with Gasteiger partial charge in [0.05, 0.1) is 12.8 Å². The number of benzene rings is 1. The number of nitrogens with one attached hydrogen (secondary N) is 1. The molecule has 2 rings (SSSR count). The molecule has 0 saturated carbocycles. The molecule has 0 spiro atoms. The summed E-state index contributed by atoms with van der Waals surface area (Å²) in [6.45, 7) is 6.03. The zero-order valence-electron chi connectivity index (χ0n) is 13.2. The first-order chi connectivity index (χ1) is 10.4. The smallest absolute Gasteiger partial charge is 0.244 e. The van der Waals surface area contributed by atoms with E-state index in [0.29, 0.717) is 18.0 Å². The highest BCUT2D eigenvalue weighted by Gasteiger charge is 2.23. The van der Waals surface area contributed by atoms with Gasteiger partial charge in [-0.15, -0.1) is 0 Å². The molecule has 1 unspecified atom stereocenters. The Morgan fingerprint density at radius 1 is 1.41 bits per heavy atom. The highest BCUT2D eigenvalue weighted by Crippen LogP contribution is 2.22. The minimum atomic E-state index is -3.62. The summed E-state index contributed by atoms with van der Waals surface area (Å²) in [5.74, 6) is 0.693. The summed E-state index contributed by atoms with van der Waals surface area (Å²) in [7, 11) is -2.04. The zero-order chi connectivity index (χ0) is 16.3. The summed E-state index contributed by atoms with van der Waals surface area (Å²) in [4.78, 5) is 0.212. The molecule has 120 valence electrons. The second-order valence-corrected chi connectivity index (χ2v) is 6.74. The SMILES string of the molecule is CCn1cc(S(=O)(=O)NC(C)c2cccc(OC)c2)c(C)n1. The Balaban J connectivity index is 2.25. The first-order valence-electron chi connectivity index (χ1n) is 7.07. The summed E-state index contributed by atoms with van der Waals surface area (Å²) < 4.78 is 34.5. The molecule has 0 saturated heterocycles. The lowest BCUT2D eigenvalue weighted by Crippen LogP contribution is -2.27. The Morgan fingerprint density at radius 3 is 2.73 bits per heavy atom. The third-order valence-electron chi connectivity index (χ3n) is 3.44. The molecule has 1 N–H and O–H groups in total. The van der Waals surface area contributed by atoms with Gasteiger partial charge in [0.25, 0.3) is 0 Å². The molecule has 6 nitrogen and oxygen atoms in total. The topological polar surface area (TPSA) is 73.2 Å². The molecule has 7 heteroatoms. The van der Waals surface area contributed by atoms with Gasteiger partial charge in [-0.1, -0.05) is 12.1 Å². The Hall–Kier alpha value is -1.86. The maximum absolute atomic E-state index is 12.5. The van der Waals surface area contributed by atoms with Crippen LogP contribution in [-0.4, -0.2) is 25.3 Å². The van der Waals surface area contributed by atoms with Crippen molar-refractivity contribution in [3.8, 4) is 5.75 Å². The van der Waals surface area contributed by atoms with Crippen molar-refractivity contribution in [1.29, 1.82) is 0 Å². The Morgan fingerprint density at radius 2 is 2.14 bits per heavy atom. The van der Waals surface area contributed by atoms with Crippen molar-refractivity contribution in [3.05, 3.63) is 41.7 Å². The van der Waals surface area contributed by atoms with E-state index in [1.165, 1.54) is 0 Å². The molecule has 0 amide bonds. The predicted octanol–water partition coefficient (Wildman–Crippen LogP) is 2.26. The maximum Gasteiger partial charge on any atom is 0.244 e. The summed E-state index contributed by atoms with van der Waals surface area (Å²) in [6, 6.07) is 6.96. The van der Waals surface area contributed by atoms with Crippen LogP contribution in [0.25, 0.3) is 0 Å². The summed E-state index contributed by atoms with van der Waals surface area (Å²) >= 11 is 0. The average Bonchev–Trinajstić information content (AvgIpc) is 2.89. The third kappa shape index (κ3) is 3.48. The van der Waals surface area contributed by atoms with Crippen molar-refractivity contribution in [2.45, 2.75) is 38.3 Å². The van der Waals surface area contributed by atoms with Crippen molar-refractivity contribution in [1.82, 2.24) is 14.5 Å². The first-order valence-corrected chi connectivity index (χ1v) is 8.56. The van der Waals surface area contributed by atoms with Crippen LogP contribution in [0, 0.1) is 6.92 Å². The fraction of sp³-hybridized carbons (Fsp3) is 0.400. The molecule has 1 aromatic heterocycles. The van der Waals surface area contributed by atoms with Crippen LogP contribution >= 0.6 is 0 Å². The van der Waals surface area contributed by atoms with Crippen LogP contribution in [0.15, 0.2) is 35.4 Å². The highest BCUT2D eigenvalue weighted by molar-refractivity contribution is 7.89. The predicted molar refractivity (Wildman–Crippen MR) is 84.4 cm³/mol. The second-order valence-electron chi connectivity index (χ2n) is 5.05. The van der Waals surface area contributed by atoms with Crippen molar-refractivity contribution in [2.75, 3.05) is 7.11 Å². The summed E-state index contributed by atoms with van der Waals surface area (Å²) in [5.41, 5.74) is 1.33. The Kier molecular flexibility index (Phi) is 4.87. The number of hydrogen-bond donors (Lipinski definition) is 1. The average molecular weight is 323 g/mol. The second kappa shape index (κ2) is 6.50. The van der Waals surface area contributed by atoms with Crippen LogP contribution in [0.1, 0.15) is 31.1 Å². The van der Waals surface area contributed by atoms with Crippen LogP contribution in [0.3, 0.4) is 0 Å². The lowest BCUT2D eigenvalue weighted by molar-refractivity contribution is 0.413. The number of aromatic nitrogens is 2. The van der Waals surface area contributed by atoms with E-state index in [1.807, 2.05) is 31.2 Å². The van der Waals surface area contributed by atoms with E-state index >= 15 is 0 Å². The number of nitrogens with zero attached hydrogens (tertiary/aromatic N) is 2. The maximum atomic E-state index is 12.5. The van der Waals surface area contributed by atoms with Crippen molar-refractivity contribution >= 4 is 10.0 Å². The number of hydrogen-bond acceptors (Lipinski definition) is 4. The van der Waals surface area contributed by atoms with Crippen molar-refractivity contribution < 1.29 is 13.2 Å². The molecule has 0 bridgehead atoms. The molecule has 1 aromatic carbocycles. The van der Waals surface area contributed by atoms with E-state index < -0.39 is 10.0 Å². The quantitative estimate of drug-likeness (QED) is 0.885. The van der Waals surface area contributed by atoms with E-state index in [0.717, 1.165) is 5.56 Å². The molecule has 0 radical (unpaired) electrons. The van der Waals surface area contributed by atoms with E-state index in [4.69, 9.17) is 4.74 Å². The number of rotatable bonds is 6. The molecule has 0 fully saturated rings. The molecule has 0 aliphatic heterocycles. The standard InChI is InChI=1S/C15H21N3O3S/c1-5-18-10-15(12(3)16-18)22(19,20)17-11(2)13-7-6-8-14(9-13)21-4/h6-11,17H,5H2,1-4H3. The van der Waals surface area contributed by atoms with Gasteiger partial charge in [0.15, 0.2) is 0 Å². The Bertz CT molecular complexity index is 753. The number of aryl methyl sites for hydroxylation is 2. The molecule has 2 aromatic rings. The summed E-state index contributed by atoms with van der Waals surface area (Å²) in [6.07, 6.45) is 1.55. The van der Waals surface area contributed by atoms with Gasteiger partial charge in [0.2, 0.25) is 10.0 Å². The largest absolute Gasteiger partial charge is 0.497 e. The molecule has 1 atom stereocenters. The number of ether oxygens (including phenoxy) is 1. The molecule has 0 aliphatic carbocycles. The van der Waals surface area contributed by atoms with E-state index in [1.54, 1.807) is 31.8 Å². The van der Waals surface area contributed by atoms with Gasteiger partial charge >= 0.3 is 0 Å². The van der Waals surface area contributed by atoms with Crippen LogP contribution < -0.4 is 9.46 Å². The van der Waals surface area contributed by atoms with Gasteiger partial charge in [-0.2, -0.15) is 5.10 Å². The normalized spacial score (nSPS) is 13.1. The van der Waals surface area contributed by atoms with Crippen LogP contribution in [0.5, 0.6) is 5.75 Å². The molecular formula is C15H21N3O3S. The molecule has 1 heterocycles. The highest BCUT2D eigenvalue weighted by atomic mass is 32.2. The van der Waals surface area contributed by atoms with Crippen LogP contribution in [0.4, 0.5) is 0 Å². The van der Waals surface area contributed by atoms with Crippen molar-refractivity contribution in [2.24, 2.45) is 0 Å². The minimum Gasteiger partial charge on any atom is -0.497 e. The fourth-order valence-corrected chi connectivity index (χ4v) is 3.62. The fourth-order valence-electron chi connectivity index (χ4n) is 2.20. The number of sulfonamides is 1. The monoisotopic (exact) mass is 323 g/mol. The first kappa shape index (κ1) is 16.5. The van der Waals surface area contributed by atoms with Crippen LogP contribution in [-0.2, 0) is 16.6 Å². The lowest BCUT2D eigenvalue weighted by Gasteiger charge is -2.15. The third-order valence-corrected chi connectivity index (χ3v) is 5.08.